The summed E-state index contributed by atoms with van der Waals surface area (Å²) in [4.78, 5) is 20.7. The van der Waals surface area contributed by atoms with Crippen LogP contribution in [0.4, 0.5) is 0 Å². The van der Waals surface area contributed by atoms with Crippen LogP contribution in [0.15, 0.2) is 23.3 Å². The molecule has 0 aliphatic rings. The minimum Gasteiger partial charge on any atom is -0.298 e. The Morgan fingerprint density at radius 1 is 0.917 bits per heavy atom. The molecule has 0 unspecified atom stereocenters. The predicted octanol–water partition coefficient (Wildman–Crippen LogP) is 2.06. The van der Waals surface area contributed by atoms with Gasteiger partial charge in [-0.15, -0.1) is 0 Å². The number of allylic oxidation sites excluding steroid dienone is 4. The predicted molar refractivity (Wildman–Crippen MR) is 48.9 cm³/mol. The molecule has 0 aromatic rings. The second-order valence-corrected chi connectivity index (χ2v) is 2.43. The summed E-state index contributed by atoms with van der Waals surface area (Å²) in [5.41, 5.74) is 1.42. The van der Waals surface area contributed by atoms with Crippen molar-refractivity contribution in [2.24, 2.45) is 0 Å². The van der Waals surface area contributed by atoms with E-state index in [0.29, 0.717) is 24.0 Å². The minimum atomic E-state index is 0.704. The van der Waals surface area contributed by atoms with Crippen molar-refractivity contribution in [1.29, 1.82) is 0 Å². The number of carbonyl (C=O) groups is 2. The van der Waals surface area contributed by atoms with Gasteiger partial charge in [0.25, 0.3) is 0 Å². The van der Waals surface area contributed by atoms with Crippen LogP contribution in [0.25, 0.3) is 0 Å². The molecule has 0 saturated heterocycles. The van der Waals surface area contributed by atoms with Crippen LogP contribution in [-0.2, 0) is 9.59 Å². The molecule has 12 heavy (non-hydrogen) atoms. The van der Waals surface area contributed by atoms with E-state index in [4.69, 9.17) is 0 Å². The average molecular weight is 166 g/mol. The molecule has 0 fully saturated rings. The first-order chi connectivity index (χ1) is 5.78. The van der Waals surface area contributed by atoms with E-state index < -0.39 is 0 Å². The monoisotopic (exact) mass is 166 g/mol. The van der Waals surface area contributed by atoms with Crippen LogP contribution in [0.1, 0.15) is 26.7 Å². The summed E-state index contributed by atoms with van der Waals surface area (Å²) in [6, 6.07) is 0. The zero-order valence-corrected chi connectivity index (χ0v) is 7.54. The van der Waals surface area contributed by atoms with Gasteiger partial charge in [0.05, 0.1) is 0 Å². The third-order valence-electron chi connectivity index (χ3n) is 1.63. The molecular formula is C10H14O2. The van der Waals surface area contributed by atoms with E-state index >= 15 is 0 Å². The van der Waals surface area contributed by atoms with Gasteiger partial charge in [-0.3, -0.25) is 9.59 Å². The Morgan fingerprint density at radius 2 is 1.25 bits per heavy atom. The first-order valence-corrected chi connectivity index (χ1v) is 4.08. The Hall–Kier alpha value is -1.18. The van der Waals surface area contributed by atoms with Crippen molar-refractivity contribution in [2.75, 3.05) is 0 Å². The van der Waals surface area contributed by atoms with Gasteiger partial charge in [0.2, 0.25) is 0 Å². The molecule has 66 valence electrons. The van der Waals surface area contributed by atoms with Gasteiger partial charge in [0, 0.05) is 0 Å². The van der Waals surface area contributed by atoms with E-state index in [1.165, 1.54) is 0 Å². The van der Waals surface area contributed by atoms with Crippen LogP contribution in [0.2, 0.25) is 0 Å². The van der Waals surface area contributed by atoms with Gasteiger partial charge in [-0.25, -0.2) is 0 Å². The molecule has 0 aliphatic heterocycles. The first-order valence-electron chi connectivity index (χ1n) is 4.08. The Balaban J connectivity index is 4.40. The van der Waals surface area contributed by atoms with Crippen LogP contribution in [0.5, 0.6) is 0 Å². The van der Waals surface area contributed by atoms with E-state index in [-0.39, 0.29) is 0 Å². The molecule has 0 heterocycles. The molecule has 0 N–H and O–H groups in total. The largest absolute Gasteiger partial charge is 0.298 e. The van der Waals surface area contributed by atoms with Gasteiger partial charge < -0.3 is 0 Å². The molecule has 0 radical (unpaired) electrons. The number of carbonyl (C=O) groups excluding carboxylic acids is 2. The molecule has 0 rings (SSSR count). The number of aldehydes is 2. The summed E-state index contributed by atoms with van der Waals surface area (Å²) in [5.74, 6) is 0. The van der Waals surface area contributed by atoms with Gasteiger partial charge in [-0.1, -0.05) is 26.0 Å². The van der Waals surface area contributed by atoms with E-state index in [9.17, 15) is 9.59 Å². The molecule has 0 aromatic carbocycles. The minimum absolute atomic E-state index is 0.704. The topological polar surface area (TPSA) is 34.1 Å². The van der Waals surface area contributed by atoms with Crippen LogP contribution >= 0.6 is 0 Å². The highest BCUT2D eigenvalue weighted by Gasteiger charge is 1.90. The quantitative estimate of drug-likeness (QED) is 0.356. The highest BCUT2D eigenvalue weighted by atomic mass is 16.1. The van der Waals surface area contributed by atoms with E-state index in [2.05, 4.69) is 0 Å². The molecular weight excluding hydrogens is 152 g/mol. The summed E-state index contributed by atoms with van der Waals surface area (Å²) in [5, 5.41) is 0. The van der Waals surface area contributed by atoms with Gasteiger partial charge >= 0.3 is 0 Å². The molecule has 2 nitrogen and oxygen atoms in total. The number of hydrogen-bond donors (Lipinski definition) is 0. The molecule has 0 atom stereocenters. The first kappa shape index (κ1) is 10.8. The van der Waals surface area contributed by atoms with Crippen molar-refractivity contribution in [3.8, 4) is 0 Å². The molecule has 0 aliphatic carbocycles. The Morgan fingerprint density at radius 3 is 1.42 bits per heavy atom. The highest BCUT2D eigenvalue weighted by Crippen LogP contribution is 2.00. The molecule has 2 heteroatoms. The number of hydrogen-bond acceptors (Lipinski definition) is 2. The summed E-state index contributed by atoms with van der Waals surface area (Å²) < 4.78 is 0. The van der Waals surface area contributed by atoms with E-state index in [0.717, 1.165) is 12.6 Å². The normalized spacial score (nSPS) is 12.8. The van der Waals surface area contributed by atoms with Crippen molar-refractivity contribution < 1.29 is 9.59 Å². The van der Waals surface area contributed by atoms with Gasteiger partial charge in [0.15, 0.2) is 0 Å². The molecule has 0 bridgehead atoms. The Kier molecular flexibility index (Phi) is 5.88. The van der Waals surface area contributed by atoms with Crippen LogP contribution in [-0.4, -0.2) is 12.6 Å². The van der Waals surface area contributed by atoms with Crippen LogP contribution < -0.4 is 0 Å². The third kappa shape index (κ3) is 3.86. The Bertz CT molecular complexity index is 188. The van der Waals surface area contributed by atoms with Crippen molar-refractivity contribution in [2.45, 2.75) is 26.7 Å². The lowest BCUT2D eigenvalue weighted by molar-refractivity contribution is -0.105. The smallest absolute Gasteiger partial charge is 0.146 e. The zero-order valence-electron chi connectivity index (χ0n) is 7.54. The van der Waals surface area contributed by atoms with Crippen molar-refractivity contribution in [1.82, 2.24) is 0 Å². The van der Waals surface area contributed by atoms with Crippen molar-refractivity contribution in [3.63, 3.8) is 0 Å². The highest BCUT2D eigenvalue weighted by molar-refractivity contribution is 5.76. The van der Waals surface area contributed by atoms with Crippen LogP contribution in [0, 0.1) is 0 Å². The second kappa shape index (κ2) is 6.53. The SMILES string of the molecule is CCC(C=O)=CC=C(C=O)CC. The summed E-state index contributed by atoms with van der Waals surface area (Å²) in [7, 11) is 0. The fourth-order valence-corrected chi connectivity index (χ4v) is 0.695. The molecule has 0 saturated carbocycles. The van der Waals surface area contributed by atoms with Gasteiger partial charge in [0.1, 0.15) is 12.6 Å². The lowest BCUT2D eigenvalue weighted by Crippen LogP contribution is -1.83. The van der Waals surface area contributed by atoms with Crippen LogP contribution in [0.3, 0.4) is 0 Å². The fourth-order valence-electron chi connectivity index (χ4n) is 0.695. The standard InChI is InChI=1S/C10H14O2/c1-3-9(7-11)5-6-10(4-2)8-12/h5-8H,3-4H2,1-2H3. The maximum absolute atomic E-state index is 10.3. The maximum atomic E-state index is 10.3. The number of rotatable bonds is 5. The third-order valence-corrected chi connectivity index (χ3v) is 1.63. The summed E-state index contributed by atoms with van der Waals surface area (Å²) in [6.07, 6.45) is 6.43. The lowest BCUT2D eigenvalue weighted by atomic mass is 10.1. The van der Waals surface area contributed by atoms with E-state index in [1.807, 2.05) is 13.8 Å². The maximum Gasteiger partial charge on any atom is 0.146 e. The second-order valence-electron chi connectivity index (χ2n) is 2.43. The van der Waals surface area contributed by atoms with Crippen molar-refractivity contribution in [3.05, 3.63) is 23.3 Å². The molecule has 0 spiro atoms. The summed E-state index contributed by atoms with van der Waals surface area (Å²) in [6.45, 7) is 3.81. The molecule has 0 amide bonds. The van der Waals surface area contributed by atoms with Gasteiger partial charge in [-0.2, -0.15) is 0 Å². The van der Waals surface area contributed by atoms with Crippen molar-refractivity contribution >= 4 is 12.6 Å². The summed E-state index contributed by atoms with van der Waals surface area (Å²) >= 11 is 0. The fraction of sp³-hybridized carbons (Fsp3) is 0.400. The molecule has 0 aromatic heterocycles. The van der Waals surface area contributed by atoms with E-state index in [1.54, 1.807) is 12.2 Å². The zero-order chi connectivity index (χ0) is 9.40. The lowest BCUT2D eigenvalue weighted by Gasteiger charge is -1.91. The van der Waals surface area contributed by atoms with Gasteiger partial charge in [-0.05, 0) is 24.0 Å². The Labute approximate surface area is 73.0 Å². The average Bonchev–Trinajstić information content (AvgIpc) is 2.13.